The lowest BCUT2D eigenvalue weighted by Gasteiger charge is -2.12. The Morgan fingerprint density at radius 1 is 1.21 bits per heavy atom. The highest BCUT2D eigenvalue weighted by atomic mass is 16.6. The summed E-state index contributed by atoms with van der Waals surface area (Å²) in [7, 11) is 0. The van der Waals surface area contributed by atoms with Gasteiger partial charge in [-0.25, -0.2) is 9.59 Å². The highest BCUT2D eigenvalue weighted by Gasteiger charge is 2.13. The van der Waals surface area contributed by atoms with Gasteiger partial charge in [0.1, 0.15) is 5.58 Å². The molecule has 0 amide bonds. The van der Waals surface area contributed by atoms with Crippen molar-refractivity contribution in [3.05, 3.63) is 86.3 Å². The highest BCUT2D eigenvalue weighted by molar-refractivity contribution is 5.96. The number of carbonyl (C=O) groups excluding carboxylic acids is 1. The summed E-state index contributed by atoms with van der Waals surface area (Å²) >= 11 is 0. The summed E-state index contributed by atoms with van der Waals surface area (Å²) in [6, 6.07) is 13.1. The van der Waals surface area contributed by atoms with Crippen LogP contribution >= 0.6 is 0 Å². The Balaban J connectivity index is 1.97. The summed E-state index contributed by atoms with van der Waals surface area (Å²) < 4.78 is 10.2. The molecule has 0 saturated heterocycles. The zero-order chi connectivity index (χ0) is 20.8. The number of nitrogens with one attached hydrogen (secondary N) is 1. The van der Waals surface area contributed by atoms with Crippen LogP contribution in [0.15, 0.2) is 63.8 Å². The summed E-state index contributed by atoms with van der Waals surface area (Å²) in [4.78, 5) is 34.4. The summed E-state index contributed by atoms with van der Waals surface area (Å²) in [5.74, 6) is -0.568. The van der Waals surface area contributed by atoms with Crippen LogP contribution in [-0.4, -0.2) is 17.5 Å². The molecule has 148 valence electrons. The van der Waals surface area contributed by atoms with E-state index < -0.39 is 16.5 Å². The number of carbonyl (C=O) groups is 1. The van der Waals surface area contributed by atoms with Gasteiger partial charge in [-0.2, -0.15) is 0 Å². The maximum atomic E-state index is 12.5. The number of esters is 1. The van der Waals surface area contributed by atoms with E-state index in [0.717, 1.165) is 5.56 Å². The number of para-hydroxylation sites is 1. The number of benzene rings is 2. The average Bonchev–Trinajstić information content (AvgIpc) is 2.71. The molecule has 8 nitrogen and oxygen atoms in total. The predicted molar refractivity (Wildman–Crippen MR) is 109 cm³/mol. The summed E-state index contributed by atoms with van der Waals surface area (Å²) in [5, 5.41) is 14.6. The van der Waals surface area contributed by atoms with Crippen LogP contribution in [0.25, 0.3) is 17.0 Å². The molecule has 1 aromatic heterocycles. The average molecular weight is 394 g/mol. The molecule has 3 rings (SSSR count). The van der Waals surface area contributed by atoms with Gasteiger partial charge in [0.2, 0.25) is 0 Å². The molecular weight excluding hydrogens is 376 g/mol. The number of hydrogen-bond donors (Lipinski definition) is 1. The standard InChI is InChI=1S/C21H18N2O6/c1-2-28-19(24)12-11-17-20(16-5-3-4-6-18(16)29-21(17)25)22-13-14-7-9-15(10-8-14)23(26)27/h3-12,22H,2,13H2,1H3/b12-11+. The molecule has 29 heavy (non-hydrogen) atoms. The molecule has 8 heteroatoms. The molecule has 0 unspecified atom stereocenters. The van der Waals surface area contributed by atoms with E-state index in [-0.39, 0.29) is 17.9 Å². The van der Waals surface area contributed by atoms with Crippen LogP contribution in [0.4, 0.5) is 11.4 Å². The first-order chi connectivity index (χ1) is 14.0. The monoisotopic (exact) mass is 394 g/mol. The Bertz CT molecular complexity index is 1130. The van der Waals surface area contributed by atoms with Crippen molar-refractivity contribution in [2.24, 2.45) is 0 Å². The minimum Gasteiger partial charge on any atom is -0.463 e. The Labute approximate surface area is 165 Å². The SMILES string of the molecule is CCOC(=O)/C=C/c1c(NCc2ccc([N+](=O)[O-])cc2)c2ccccc2oc1=O. The lowest BCUT2D eigenvalue weighted by atomic mass is 10.1. The fourth-order valence-electron chi connectivity index (χ4n) is 2.77. The second kappa shape index (κ2) is 8.83. The molecule has 0 spiro atoms. The molecule has 3 aromatic rings. The lowest BCUT2D eigenvalue weighted by Crippen LogP contribution is -2.11. The molecule has 0 fully saturated rings. The van der Waals surface area contributed by atoms with Crippen molar-refractivity contribution < 1.29 is 18.9 Å². The molecular formula is C21H18N2O6. The largest absolute Gasteiger partial charge is 0.463 e. The molecule has 0 aliphatic carbocycles. The van der Waals surface area contributed by atoms with E-state index in [4.69, 9.17) is 9.15 Å². The number of nitro groups is 1. The van der Waals surface area contributed by atoms with Gasteiger partial charge in [-0.15, -0.1) is 0 Å². The summed E-state index contributed by atoms with van der Waals surface area (Å²) in [6.45, 7) is 2.22. The molecule has 0 aliphatic heterocycles. The second-order valence-corrected chi connectivity index (χ2v) is 6.04. The van der Waals surface area contributed by atoms with E-state index in [9.17, 15) is 19.7 Å². The lowest BCUT2D eigenvalue weighted by molar-refractivity contribution is -0.384. The summed E-state index contributed by atoms with van der Waals surface area (Å²) in [5.41, 5.74) is 1.26. The van der Waals surface area contributed by atoms with Gasteiger partial charge in [0.05, 0.1) is 22.8 Å². The number of rotatable bonds is 7. The normalized spacial score (nSPS) is 10.9. The minimum atomic E-state index is -0.601. The van der Waals surface area contributed by atoms with E-state index in [1.807, 2.05) is 0 Å². The van der Waals surface area contributed by atoms with Gasteiger partial charge >= 0.3 is 11.6 Å². The Hall–Kier alpha value is -3.94. The van der Waals surface area contributed by atoms with Crippen molar-refractivity contribution in [1.82, 2.24) is 0 Å². The van der Waals surface area contributed by atoms with Crippen molar-refractivity contribution in [1.29, 1.82) is 0 Å². The van der Waals surface area contributed by atoms with Crippen molar-refractivity contribution >= 4 is 34.4 Å². The van der Waals surface area contributed by atoms with Crippen LogP contribution in [0, 0.1) is 10.1 Å². The van der Waals surface area contributed by atoms with E-state index in [0.29, 0.717) is 23.2 Å². The molecule has 0 bridgehead atoms. The first kappa shape index (κ1) is 19.8. The minimum absolute atomic E-state index is 0.00221. The zero-order valence-electron chi connectivity index (χ0n) is 15.6. The van der Waals surface area contributed by atoms with Crippen molar-refractivity contribution in [2.45, 2.75) is 13.5 Å². The fourth-order valence-corrected chi connectivity index (χ4v) is 2.77. The maximum Gasteiger partial charge on any atom is 0.345 e. The Kier molecular flexibility index (Phi) is 6.03. The van der Waals surface area contributed by atoms with Crippen LogP contribution in [0.1, 0.15) is 18.1 Å². The van der Waals surface area contributed by atoms with Gasteiger partial charge in [0, 0.05) is 30.1 Å². The van der Waals surface area contributed by atoms with Crippen molar-refractivity contribution in [3.63, 3.8) is 0 Å². The van der Waals surface area contributed by atoms with Gasteiger partial charge < -0.3 is 14.5 Å². The molecule has 0 atom stereocenters. The number of ether oxygens (including phenoxy) is 1. The smallest absolute Gasteiger partial charge is 0.345 e. The molecule has 0 aliphatic rings. The number of nitrogens with zero attached hydrogens (tertiary/aromatic N) is 1. The quantitative estimate of drug-likeness (QED) is 0.213. The van der Waals surface area contributed by atoms with Crippen LogP contribution in [0.5, 0.6) is 0 Å². The van der Waals surface area contributed by atoms with Gasteiger partial charge in [0.15, 0.2) is 0 Å². The second-order valence-electron chi connectivity index (χ2n) is 6.04. The van der Waals surface area contributed by atoms with E-state index >= 15 is 0 Å². The van der Waals surface area contributed by atoms with Crippen LogP contribution in [-0.2, 0) is 16.1 Å². The summed E-state index contributed by atoms with van der Waals surface area (Å²) in [6.07, 6.45) is 2.52. The van der Waals surface area contributed by atoms with E-state index in [1.54, 1.807) is 43.3 Å². The molecule has 0 saturated carbocycles. The third-order valence-electron chi connectivity index (χ3n) is 4.14. The van der Waals surface area contributed by atoms with E-state index in [1.165, 1.54) is 24.3 Å². The van der Waals surface area contributed by atoms with Crippen molar-refractivity contribution in [3.8, 4) is 0 Å². The first-order valence-corrected chi connectivity index (χ1v) is 8.87. The number of non-ortho nitro benzene ring substituents is 1. The zero-order valence-corrected chi connectivity index (χ0v) is 15.6. The van der Waals surface area contributed by atoms with E-state index in [2.05, 4.69) is 5.32 Å². The molecule has 1 N–H and O–H groups in total. The number of fused-ring (bicyclic) bond motifs is 1. The molecule has 1 heterocycles. The molecule has 0 radical (unpaired) electrons. The Morgan fingerprint density at radius 3 is 2.62 bits per heavy atom. The topological polar surface area (TPSA) is 112 Å². The van der Waals surface area contributed by atoms with Crippen LogP contribution in [0.2, 0.25) is 0 Å². The highest BCUT2D eigenvalue weighted by Crippen LogP contribution is 2.27. The molecule has 2 aromatic carbocycles. The number of anilines is 1. The van der Waals surface area contributed by atoms with Gasteiger partial charge in [-0.3, -0.25) is 10.1 Å². The third kappa shape index (κ3) is 4.67. The Morgan fingerprint density at radius 2 is 1.93 bits per heavy atom. The number of nitro benzene ring substituents is 1. The van der Waals surface area contributed by atoms with Crippen LogP contribution in [0.3, 0.4) is 0 Å². The van der Waals surface area contributed by atoms with Gasteiger partial charge in [0.25, 0.3) is 5.69 Å². The predicted octanol–water partition coefficient (Wildman–Crippen LogP) is 3.89. The van der Waals surface area contributed by atoms with Gasteiger partial charge in [-0.1, -0.05) is 24.3 Å². The first-order valence-electron chi connectivity index (χ1n) is 8.87. The fraction of sp³-hybridized carbons (Fsp3) is 0.143. The third-order valence-corrected chi connectivity index (χ3v) is 4.14. The van der Waals surface area contributed by atoms with Gasteiger partial charge in [-0.05, 0) is 30.7 Å². The van der Waals surface area contributed by atoms with Crippen LogP contribution < -0.4 is 10.9 Å². The maximum absolute atomic E-state index is 12.5. The van der Waals surface area contributed by atoms with Crippen molar-refractivity contribution in [2.75, 3.05) is 11.9 Å². The number of hydrogen-bond acceptors (Lipinski definition) is 7.